The lowest BCUT2D eigenvalue weighted by Gasteiger charge is -2.47. The molecular weight excluding hydrogens is 795 g/mol. The zero-order valence-corrected chi connectivity index (χ0v) is 32.5. The molecule has 0 radical (unpaired) electrons. The van der Waals surface area contributed by atoms with E-state index in [0.717, 1.165) is 11.1 Å². The normalized spacial score (nSPS) is 31.8. The van der Waals surface area contributed by atoms with E-state index in [1.54, 1.807) is 54.6 Å². The molecule has 0 spiro atoms. The Labute approximate surface area is 361 Å². The first-order valence-corrected chi connectivity index (χ1v) is 18.7. The molecule has 8 N–H and O–H groups in total. The van der Waals surface area contributed by atoms with Crippen LogP contribution < -0.4 is 9.47 Å². The molecule has 2 saturated heterocycles. The molecule has 0 bridgehead atoms. The summed E-state index contributed by atoms with van der Waals surface area (Å²) in [6, 6.07) is 21.9. The average molecular weight is 858 g/mol. The predicted octanol–water partition coefficient (Wildman–Crippen LogP) is 3.45. The van der Waals surface area contributed by atoms with E-state index in [1.165, 1.54) is 37.4 Å². The topological polar surface area (TPSA) is 208 Å². The Morgan fingerprint density at radius 3 is 1.69 bits per heavy atom. The van der Waals surface area contributed by atoms with Gasteiger partial charge < -0.3 is 64.5 Å². The number of ether oxygens (including phenoxy) is 5. The zero-order chi connectivity index (χ0) is 50.7. The van der Waals surface area contributed by atoms with Gasteiger partial charge in [0.2, 0.25) is 5.79 Å². The fourth-order valence-electron chi connectivity index (χ4n) is 6.79. The van der Waals surface area contributed by atoms with E-state index in [4.69, 9.17) is 60.6 Å². The van der Waals surface area contributed by atoms with Crippen LogP contribution in [-0.4, -0.2) is 123 Å². The number of methoxy groups -OCH3 is 1. The maximum atomic E-state index is 10.7. The molecule has 2 heterocycles. The van der Waals surface area contributed by atoms with Crippen LogP contribution in [0.15, 0.2) is 84.9 Å². The third-order valence-corrected chi connectivity index (χ3v) is 10.7. The molecule has 58 heavy (non-hydrogen) atoms. The van der Waals surface area contributed by atoms with Crippen molar-refractivity contribution in [1.82, 2.24) is 0 Å². The van der Waals surface area contributed by atoms with Crippen LogP contribution in [0.25, 0.3) is 0 Å². The molecule has 2 aliphatic rings. The number of aliphatic hydroxyl groups is 8. The van der Waals surface area contributed by atoms with Gasteiger partial charge in [0.25, 0.3) is 0 Å². The molecule has 2 fully saturated rings. The summed E-state index contributed by atoms with van der Waals surface area (Å²) in [6.07, 6.45) is -11.8. The quantitative estimate of drug-likeness (QED) is 0.0972. The molecule has 0 aliphatic carbocycles. The lowest BCUT2D eigenvalue weighted by Crippen LogP contribution is -2.64. The molecule has 2 aliphatic heterocycles. The van der Waals surface area contributed by atoms with Gasteiger partial charge in [-0.1, -0.05) is 65.7 Å². The van der Waals surface area contributed by atoms with Crippen molar-refractivity contribution in [3.63, 3.8) is 0 Å². The van der Waals surface area contributed by atoms with Crippen LogP contribution in [0.3, 0.4) is 0 Å². The molecule has 13 nitrogen and oxygen atoms in total. The monoisotopic (exact) mass is 856 g/mol. The van der Waals surface area contributed by atoms with Gasteiger partial charge in [-0.15, -0.1) is 0 Å². The van der Waals surface area contributed by atoms with Crippen molar-refractivity contribution in [1.29, 1.82) is 0 Å². The largest absolute Gasteiger partial charge is 0.494 e. The first-order chi connectivity index (χ1) is 31.6. The molecule has 316 valence electrons. The van der Waals surface area contributed by atoms with Gasteiger partial charge >= 0.3 is 0 Å². The summed E-state index contributed by atoms with van der Waals surface area (Å²) in [6.45, 7) is -12.7. The summed E-state index contributed by atoms with van der Waals surface area (Å²) >= 11 is 12.7. The minimum atomic E-state index is -2.96. The fourth-order valence-corrected chi connectivity index (χ4v) is 7.15. The number of hydrogen-bond acceptors (Lipinski definition) is 13. The van der Waals surface area contributed by atoms with Crippen LogP contribution in [0.1, 0.15) is 66.9 Å². The Balaban J connectivity index is 0.000000255. The highest BCUT2D eigenvalue weighted by molar-refractivity contribution is 6.31. The van der Waals surface area contributed by atoms with Crippen LogP contribution in [-0.2, 0) is 32.8 Å². The van der Waals surface area contributed by atoms with Gasteiger partial charge in [-0.05, 0) is 96.8 Å². The number of hydrogen-bond donors (Lipinski definition) is 8. The first-order valence-electron chi connectivity index (χ1n) is 22.9. The van der Waals surface area contributed by atoms with Gasteiger partial charge in [-0.25, -0.2) is 0 Å². The van der Waals surface area contributed by atoms with Crippen molar-refractivity contribution in [3.8, 4) is 11.5 Å². The van der Waals surface area contributed by atoms with Crippen molar-refractivity contribution in [2.45, 2.75) is 87.3 Å². The van der Waals surface area contributed by atoms with E-state index in [9.17, 15) is 40.9 Å². The second kappa shape index (κ2) is 20.7. The maximum Gasteiger partial charge on any atom is 0.224 e. The van der Waals surface area contributed by atoms with Gasteiger partial charge in [0.15, 0.2) is 0 Å². The van der Waals surface area contributed by atoms with Crippen LogP contribution in [0.4, 0.5) is 0 Å². The van der Waals surface area contributed by atoms with E-state index in [2.05, 4.69) is 0 Å². The Hall–Kier alpha value is -3.38. The SMILES string of the molecule is [2H]C([2H])([2H])C([2H])([2H])Oc1ccc(Cc2cc(C3(OC)O[C@H](CO)[C@@H](O)[C@H](O)[C@H]3O)ccc2Cl)cc1.[2H]C([2H])([2H])C([2H])([2H])Oc1ccc(Cc2cc([C@@H]3O[C@H](CO)[C@@H](O)[C@H](O)[C@H]3O)ccc2Cl)cc1. The van der Waals surface area contributed by atoms with Gasteiger partial charge in [0.1, 0.15) is 66.4 Å². The third kappa shape index (κ3) is 10.3. The standard InChI is InChI=1S/C22H27ClO7.C21H25ClO6/c1-3-29-16-7-4-13(5-8-16)10-14-11-15(6-9-17(14)23)22(28-2)21(27)20(26)19(25)18(12-24)30-22;1-2-27-15-6-3-12(4-7-15)9-14-10-13(5-8-16(14)22)21-20(26)19(25)18(24)17(11-23)28-21/h4-9,11,18-21,24-27H,3,10,12H2,1-2H3;3-8,10,17-21,23-26H,2,9,11H2,1H3/t18-,19-,20+,21-,22?;17-,18-,19+,20-,21+/m11/s1/i1D3,3D2;1D3,2D2. The Morgan fingerprint density at radius 2 is 1.17 bits per heavy atom. The molecule has 10 atom stereocenters. The molecule has 0 aromatic heterocycles. The van der Waals surface area contributed by atoms with Gasteiger partial charge in [-0.3, -0.25) is 0 Å². The minimum Gasteiger partial charge on any atom is -0.494 e. The number of aliphatic hydroxyl groups excluding tert-OH is 8. The van der Waals surface area contributed by atoms with Crippen molar-refractivity contribution >= 4 is 23.2 Å². The molecule has 0 saturated carbocycles. The van der Waals surface area contributed by atoms with Crippen LogP contribution in [0.5, 0.6) is 11.5 Å². The number of benzene rings is 4. The van der Waals surface area contributed by atoms with Crippen molar-refractivity contribution in [3.05, 3.63) is 128 Å². The van der Waals surface area contributed by atoms with Crippen molar-refractivity contribution in [2.24, 2.45) is 0 Å². The van der Waals surface area contributed by atoms with Crippen LogP contribution >= 0.6 is 23.2 Å². The number of halogens is 2. The maximum absolute atomic E-state index is 10.7. The average Bonchev–Trinajstić information content (AvgIpc) is 3.27. The Kier molecular flexibility index (Phi) is 11.9. The van der Waals surface area contributed by atoms with E-state index < -0.39 is 101 Å². The van der Waals surface area contributed by atoms with Crippen molar-refractivity contribution in [2.75, 3.05) is 33.4 Å². The minimum absolute atomic E-state index is 0.0365. The molecule has 0 amide bonds. The second-order valence-electron chi connectivity index (χ2n) is 13.6. The molecule has 4 aromatic carbocycles. The lowest BCUT2D eigenvalue weighted by molar-refractivity contribution is -0.366. The summed E-state index contributed by atoms with van der Waals surface area (Å²) in [5.41, 5.74) is 3.54. The van der Waals surface area contributed by atoms with Crippen LogP contribution in [0.2, 0.25) is 10.0 Å². The van der Waals surface area contributed by atoms with E-state index in [-0.39, 0.29) is 17.9 Å². The molecule has 6 rings (SSSR count). The lowest BCUT2D eigenvalue weighted by atomic mass is 9.87. The summed E-state index contributed by atoms with van der Waals surface area (Å²) < 4.78 is 100. The summed E-state index contributed by atoms with van der Waals surface area (Å²) in [5, 5.41) is 81.3. The molecule has 15 heteroatoms. The first kappa shape index (κ1) is 33.4. The summed E-state index contributed by atoms with van der Waals surface area (Å²) in [5.74, 6) is -1.79. The fraction of sp³-hybridized carbons (Fsp3) is 0.442. The smallest absolute Gasteiger partial charge is 0.224 e. The van der Waals surface area contributed by atoms with Gasteiger partial charge in [-0.2, -0.15) is 0 Å². The zero-order valence-electron chi connectivity index (χ0n) is 41.0. The molecule has 1 unspecified atom stereocenters. The van der Waals surface area contributed by atoms with Crippen molar-refractivity contribution < 1.29 is 78.2 Å². The second-order valence-corrected chi connectivity index (χ2v) is 14.4. The van der Waals surface area contributed by atoms with E-state index in [0.29, 0.717) is 38.7 Å². The Morgan fingerprint density at radius 1 is 0.655 bits per heavy atom. The van der Waals surface area contributed by atoms with Crippen LogP contribution in [0, 0.1) is 0 Å². The highest BCUT2D eigenvalue weighted by atomic mass is 35.5. The molecular formula is C43H52Cl2O13. The predicted molar refractivity (Wildman–Crippen MR) is 215 cm³/mol. The van der Waals surface area contributed by atoms with E-state index in [1.807, 2.05) is 0 Å². The third-order valence-electron chi connectivity index (χ3n) is 9.97. The van der Waals surface area contributed by atoms with Gasteiger partial charge in [0.05, 0.1) is 31.8 Å². The summed E-state index contributed by atoms with van der Waals surface area (Å²) in [7, 11) is 1.26. The van der Waals surface area contributed by atoms with E-state index >= 15 is 0 Å². The van der Waals surface area contributed by atoms with Gasteiger partial charge in [0, 0.05) is 30.9 Å². The Bertz CT molecular complexity index is 2290. The molecule has 4 aromatic rings. The highest BCUT2D eigenvalue weighted by Crippen LogP contribution is 2.41. The highest BCUT2D eigenvalue weighted by Gasteiger charge is 2.55. The summed E-state index contributed by atoms with van der Waals surface area (Å²) in [4.78, 5) is 0. The number of rotatable bonds is 13.